The topological polar surface area (TPSA) is 94.1 Å². The van der Waals surface area contributed by atoms with Gasteiger partial charge in [0.2, 0.25) is 0 Å². The highest BCUT2D eigenvalue weighted by Crippen LogP contribution is 2.34. The molecule has 0 radical (unpaired) electrons. The fourth-order valence-corrected chi connectivity index (χ4v) is 2.18. The molecule has 0 saturated carbocycles. The molecule has 0 aliphatic heterocycles. The van der Waals surface area contributed by atoms with Crippen molar-refractivity contribution in [2.24, 2.45) is 0 Å². The highest BCUT2D eigenvalue weighted by atomic mass is 79.9. The summed E-state index contributed by atoms with van der Waals surface area (Å²) in [7, 11) is 0. The standard InChI is InChI=1S/C12H10BrClN4O2/c1-6-10(18(19)20)5-16-12(11(6)13)17-9-4-7(15)2-3-8(9)14/h2-5H,15H2,1H3,(H,16,17). The fourth-order valence-electron chi connectivity index (χ4n) is 1.61. The summed E-state index contributed by atoms with van der Waals surface area (Å²) in [5, 5.41) is 14.3. The summed E-state index contributed by atoms with van der Waals surface area (Å²) < 4.78 is 0.505. The van der Waals surface area contributed by atoms with Gasteiger partial charge in [0.05, 0.1) is 20.1 Å². The number of hydrogen-bond donors (Lipinski definition) is 2. The van der Waals surface area contributed by atoms with Crippen LogP contribution in [-0.2, 0) is 0 Å². The zero-order valence-corrected chi connectivity index (χ0v) is 12.7. The van der Waals surface area contributed by atoms with E-state index < -0.39 is 4.92 Å². The van der Waals surface area contributed by atoms with Crippen LogP contribution >= 0.6 is 27.5 Å². The van der Waals surface area contributed by atoms with E-state index in [4.69, 9.17) is 17.3 Å². The number of benzene rings is 1. The van der Waals surface area contributed by atoms with Crippen LogP contribution in [0, 0.1) is 17.0 Å². The molecule has 0 spiro atoms. The van der Waals surface area contributed by atoms with E-state index in [0.717, 1.165) is 0 Å². The van der Waals surface area contributed by atoms with E-state index in [1.54, 1.807) is 25.1 Å². The summed E-state index contributed by atoms with van der Waals surface area (Å²) >= 11 is 9.35. The number of hydrogen-bond acceptors (Lipinski definition) is 5. The van der Waals surface area contributed by atoms with Crippen molar-refractivity contribution >= 4 is 50.4 Å². The summed E-state index contributed by atoms with van der Waals surface area (Å²) in [5.41, 5.74) is 7.24. The van der Waals surface area contributed by atoms with Gasteiger partial charge < -0.3 is 11.1 Å². The number of halogens is 2. The average Bonchev–Trinajstić information content (AvgIpc) is 2.39. The third kappa shape index (κ3) is 2.83. The lowest BCUT2D eigenvalue weighted by atomic mass is 10.2. The van der Waals surface area contributed by atoms with Gasteiger partial charge in [0, 0.05) is 11.3 Å². The molecule has 0 aliphatic carbocycles. The second kappa shape index (κ2) is 5.64. The molecule has 2 rings (SSSR count). The quantitative estimate of drug-likeness (QED) is 0.491. The number of rotatable bonds is 3. The van der Waals surface area contributed by atoms with Crippen LogP contribution in [0.2, 0.25) is 5.02 Å². The molecule has 0 unspecified atom stereocenters. The third-order valence-corrected chi connectivity index (χ3v) is 3.98. The van der Waals surface area contributed by atoms with Crippen molar-refractivity contribution in [1.82, 2.24) is 4.98 Å². The van der Waals surface area contributed by atoms with Crippen molar-refractivity contribution < 1.29 is 4.92 Å². The van der Waals surface area contributed by atoms with Gasteiger partial charge in [-0.3, -0.25) is 10.1 Å². The van der Waals surface area contributed by atoms with Crippen LogP contribution in [0.1, 0.15) is 5.56 Å². The normalized spacial score (nSPS) is 10.3. The molecule has 104 valence electrons. The molecule has 0 bridgehead atoms. The Balaban J connectivity index is 2.42. The molecule has 0 atom stereocenters. The van der Waals surface area contributed by atoms with E-state index >= 15 is 0 Å². The summed E-state index contributed by atoms with van der Waals surface area (Å²) in [6, 6.07) is 5.00. The zero-order chi connectivity index (χ0) is 14.9. The number of nitrogens with one attached hydrogen (secondary N) is 1. The van der Waals surface area contributed by atoms with Gasteiger partial charge in [-0.2, -0.15) is 0 Å². The molecule has 1 aromatic heterocycles. The van der Waals surface area contributed by atoms with Crippen LogP contribution in [0.25, 0.3) is 0 Å². The lowest BCUT2D eigenvalue weighted by molar-refractivity contribution is -0.385. The Labute approximate surface area is 128 Å². The maximum Gasteiger partial charge on any atom is 0.291 e. The maximum absolute atomic E-state index is 10.8. The van der Waals surface area contributed by atoms with Crippen LogP contribution in [0.15, 0.2) is 28.9 Å². The lowest BCUT2D eigenvalue weighted by Crippen LogP contribution is -2.01. The first-order valence-corrected chi connectivity index (χ1v) is 6.68. The van der Waals surface area contributed by atoms with Crippen molar-refractivity contribution in [1.29, 1.82) is 0 Å². The van der Waals surface area contributed by atoms with E-state index in [2.05, 4.69) is 26.2 Å². The van der Waals surface area contributed by atoms with Gasteiger partial charge in [-0.1, -0.05) is 11.6 Å². The first-order chi connectivity index (χ1) is 9.40. The number of nitrogens with two attached hydrogens (primary N) is 1. The third-order valence-electron chi connectivity index (χ3n) is 2.68. The minimum Gasteiger partial charge on any atom is -0.399 e. The molecule has 3 N–H and O–H groups in total. The van der Waals surface area contributed by atoms with Crippen LogP contribution in [0.3, 0.4) is 0 Å². The van der Waals surface area contributed by atoms with E-state index in [0.29, 0.717) is 32.3 Å². The largest absolute Gasteiger partial charge is 0.399 e. The monoisotopic (exact) mass is 356 g/mol. The highest BCUT2D eigenvalue weighted by Gasteiger charge is 2.17. The molecule has 2 aromatic rings. The zero-order valence-electron chi connectivity index (χ0n) is 10.4. The highest BCUT2D eigenvalue weighted by molar-refractivity contribution is 9.10. The molecule has 20 heavy (non-hydrogen) atoms. The predicted molar refractivity (Wildman–Crippen MR) is 82.5 cm³/mol. The Hall–Kier alpha value is -1.86. The molecule has 6 nitrogen and oxygen atoms in total. The Kier molecular flexibility index (Phi) is 4.10. The molecule has 0 amide bonds. The van der Waals surface area contributed by atoms with Crippen LogP contribution < -0.4 is 11.1 Å². The molecule has 8 heteroatoms. The fraction of sp³-hybridized carbons (Fsp3) is 0.0833. The van der Waals surface area contributed by atoms with E-state index in [-0.39, 0.29) is 5.69 Å². The summed E-state index contributed by atoms with van der Waals surface area (Å²) in [6.45, 7) is 1.63. The van der Waals surface area contributed by atoms with Gasteiger partial charge in [-0.05, 0) is 41.1 Å². The molecule has 0 saturated heterocycles. The van der Waals surface area contributed by atoms with Crippen molar-refractivity contribution in [2.75, 3.05) is 11.1 Å². The first kappa shape index (κ1) is 14.5. The Morgan fingerprint density at radius 2 is 2.20 bits per heavy atom. The maximum atomic E-state index is 10.8. The van der Waals surface area contributed by atoms with Gasteiger partial charge in [0.25, 0.3) is 5.69 Å². The molecule has 1 heterocycles. The average molecular weight is 358 g/mol. The van der Waals surface area contributed by atoms with Gasteiger partial charge in [0.1, 0.15) is 12.0 Å². The van der Waals surface area contributed by atoms with Crippen molar-refractivity contribution in [2.45, 2.75) is 6.92 Å². The van der Waals surface area contributed by atoms with Crippen molar-refractivity contribution in [3.8, 4) is 0 Å². The number of nitro groups is 1. The first-order valence-electron chi connectivity index (χ1n) is 5.51. The Morgan fingerprint density at radius 1 is 1.50 bits per heavy atom. The van der Waals surface area contributed by atoms with Crippen molar-refractivity contribution in [3.63, 3.8) is 0 Å². The van der Waals surface area contributed by atoms with Crippen molar-refractivity contribution in [3.05, 3.63) is 49.6 Å². The number of aromatic nitrogens is 1. The van der Waals surface area contributed by atoms with E-state index in [1.807, 2.05) is 0 Å². The number of nitrogens with zero attached hydrogens (tertiary/aromatic N) is 2. The molecular weight excluding hydrogens is 348 g/mol. The second-order valence-electron chi connectivity index (χ2n) is 4.05. The Bertz CT molecular complexity index is 693. The van der Waals surface area contributed by atoms with Gasteiger partial charge in [0.15, 0.2) is 0 Å². The Morgan fingerprint density at radius 3 is 2.85 bits per heavy atom. The number of pyridine rings is 1. The summed E-state index contributed by atoms with van der Waals surface area (Å²) in [4.78, 5) is 14.4. The molecular formula is C12H10BrClN4O2. The molecule has 1 aromatic carbocycles. The van der Waals surface area contributed by atoms with Crippen LogP contribution in [-0.4, -0.2) is 9.91 Å². The van der Waals surface area contributed by atoms with E-state index in [9.17, 15) is 10.1 Å². The van der Waals surface area contributed by atoms with Gasteiger partial charge in [-0.25, -0.2) is 4.98 Å². The second-order valence-corrected chi connectivity index (χ2v) is 5.25. The SMILES string of the molecule is Cc1c([N+](=O)[O-])cnc(Nc2cc(N)ccc2Cl)c1Br. The molecule has 0 aliphatic rings. The van der Waals surface area contributed by atoms with E-state index in [1.165, 1.54) is 6.20 Å². The summed E-state index contributed by atoms with van der Waals surface area (Å²) in [6.07, 6.45) is 1.20. The smallest absolute Gasteiger partial charge is 0.291 e. The number of anilines is 3. The number of nitrogen functional groups attached to an aromatic ring is 1. The predicted octanol–water partition coefficient (Wildman–Crippen LogP) is 4.04. The van der Waals surface area contributed by atoms with Crippen LogP contribution in [0.4, 0.5) is 22.9 Å². The lowest BCUT2D eigenvalue weighted by Gasteiger charge is -2.11. The van der Waals surface area contributed by atoms with Gasteiger partial charge >= 0.3 is 0 Å². The molecule has 0 fully saturated rings. The van der Waals surface area contributed by atoms with Gasteiger partial charge in [-0.15, -0.1) is 0 Å². The minimum atomic E-state index is -0.482. The van der Waals surface area contributed by atoms with Crippen LogP contribution in [0.5, 0.6) is 0 Å². The summed E-state index contributed by atoms with van der Waals surface area (Å²) in [5.74, 6) is 0.431. The minimum absolute atomic E-state index is 0.0545.